The SMILES string of the molecule is C.CN.c1ccc2ccccc2c1. The van der Waals surface area contributed by atoms with Gasteiger partial charge in [-0.2, -0.15) is 0 Å². The van der Waals surface area contributed by atoms with E-state index in [-0.39, 0.29) is 7.43 Å². The van der Waals surface area contributed by atoms with Crippen LogP contribution in [0.15, 0.2) is 48.5 Å². The molecule has 0 aromatic heterocycles. The van der Waals surface area contributed by atoms with Crippen LogP contribution in [0.2, 0.25) is 0 Å². The van der Waals surface area contributed by atoms with Crippen molar-refractivity contribution in [2.24, 2.45) is 5.73 Å². The van der Waals surface area contributed by atoms with Gasteiger partial charge in [0, 0.05) is 0 Å². The van der Waals surface area contributed by atoms with Crippen molar-refractivity contribution in [1.82, 2.24) is 0 Å². The van der Waals surface area contributed by atoms with Crippen LogP contribution in [0, 0.1) is 0 Å². The highest BCUT2D eigenvalue weighted by Crippen LogP contribution is 2.11. The average Bonchev–Trinajstić information content (AvgIpc) is 2.21. The van der Waals surface area contributed by atoms with Crippen LogP contribution >= 0.6 is 0 Å². The maximum absolute atomic E-state index is 4.50. The van der Waals surface area contributed by atoms with Crippen LogP contribution in [-0.2, 0) is 0 Å². The Morgan fingerprint density at radius 3 is 1.15 bits per heavy atom. The van der Waals surface area contributed by atoms with Gasteiger partial charge in [0.15, 0.2) is 0 Å². The van der Waals surface area contributed by atoms with Crippen molar-refractivity contribution in [3.63, 3.8) is 0 Å². The Bertz CT molecular complexity index is 276. The minimum absolute atomic E-state index is 0. The average molecular weight is 175 g/mol. The van der Waals surface area contributed by atoms with E-state index in [0.29, 0.717) is 0 Å². The molecule has 0 unspecified atom stereocenters. The van der Waals surface area contributed by atoms with Crippen LogP contribution in [0.1, 0.15) is 7.43 Å². The van der Waals surface area contributed by atoms with Crippen molar-refractivity contribution >= 4 is 10.8 Å². The normalized spacial score (nSPS) is 8.15. The summed E-state index contributed by atoms with van der Waals surface area (Å²) in [6.45, 7) is 0. The van der Waals surface area contributed by atoms with Crippen LogP contribution in [0.3, 0.4) is 0 Å². The lowest BCUT2D eigenvalue weighted by atomic mass is 10.1. The van der Waals surface area contributed by atoms with Gasteiger partial charge in [-0.25, -0.2) is 0 Å². The van der Waals surface area contributed by atoms with E-state index in [9.17, 15) is 0 Å². The lowest BCUT2D eigenvalue weighted by Crippen LogP contribution is -1.69. The Hall–Kier alpha value is -1.34. The quantitative estimate of drug-likeness (QED) is 0.654. The van der Waals surface area contributed by atoms with E-state index in [2.05, 4.69) is 54.3 Å². The zero-order valence-electron chi connectivity index (χ0n) is 7.20. The van der Waals surface area contributed by atoms with Crippen molar-refractivity contribution in [3.05, 3.63) is 48.5 Å². The van der Waals surface area contributed by atoms with E-state index in [4.69, 9.17) is 0 Å². The van der Waals surface area contributed by atoms with Crippen molar-refractivity contribution in [2.45, 2.75) is 7.43 Å². The molecule has 0 aliphatic rings. The highest BCUT2D eigenvalue weighted by Gasteiger charge is 1.85. The van der Waals surface area contributed by atoms with Gasteiger partial charge < -0.3 is 5.73 Å². The third-order valence-electron chi connectivity index (χ3n) is 1.66. The van der Waals surface area contributed by atoms with Crippen molar-refractivity contribution in [2.75, 3.05) is 7.05 Å². The summed E-state index contributed by atoms with van der Waals surface area (Å²) >= 11 is 0. The molecule has 2 N–H and O–H groups in total. The molecule has 70 valence electrons. The largest absolute Gasteiger partial charge is 0.333 e. The molecular formula is C12H17N. The van der Waals surface area contributed by atoms with Crippen LogP contribution < -0.4 is 5.73 Å². The molecule has 0 fully saturated rings. The molecule has 0 heterocycles. The van der Waals surface area contributed by atoms with Crippen molar-refractivity contribution in [1.29, 1.82) is 0 Å². The summed E-state index contributed by atoms with van der Waals surface area (Å²) in [6, 6.07) is 16.7. The van der Waals surface area contributed by atoms with E-state index < -0.39 is 0 Å². The fourth-order valence-corrected chi connectivity index (χ4v) is 1.13. The molecule has 0 radical (unpaired) electrons. The zero-order valence-corrected chi connectivity index (χ0v) is 7.20. The van der Waals surface area contributed by atoms with Gasteiger partial charge in [0.05, 0.1) is 0 Å². The van der Waals surface area contributed by atoms with Gasteiger partial charge in [0.25, 0.3) is 0 Å². The molecule has 1 heteroatoms. The van der Waals surface area contributed by atoms with Gasteiger partial charge in [-0.1, -0.05) is 56.0 Å². The molecule has 0 amide bonds. The highest BCUT2D eigenvalue weighted by atomic mass is 14.4. The summed E-state index contributed by atoms with van der Waals surface area (Å²) in [6.07, 6.45) is 0. The summed E-state index contributed by atoms with van der Waals surface area (Å²) in [4.78, 5) is 0. The lowest BCUT2D eigenvalue weighted by molar-refractivity contribution is 1.48. The molecule has 2 aromatic carbocycles. The molecule has 0 saturated carbocycles. The van der Waals surface area contributed by atoms with Gasteiger partial charge >= 0.3 is 0 Å². The Labute approximate surface area is 80.2 Å². The van der Waals surface area contributed by atoms with Crippen LogP contribution in [0.4, 0.5) is 0 Å². The molecule has 2 rings (SSSR count). The van der Waals surface area contributed by atoms with Crippen LogP contribution in [0.5, 0.6) is 0 Å². The van der Waals surface area contributed by atoms with Gasteiger partial charge in [-0.15, -0.1) is 0 Å². The molecule has 0 spiro atoms. The molecule has 0 aliphatic carbocycles. The molecule has 0 aliphatic heterocycles. The summed E-state index contributed by atoms with van der Waals surface area (Å²) in [7, 11) is 1.50. The van der Waals surface area contributed by atoms with Gasteiger partial charge in [0.2, 0.25) is 0 Å². The minimum atomic E-state index is 0. The molecule has 2 aromatic rings. The molecule has 13 heavy (non-hydrogen) atoms. The molecule has 1 nitrogen and oxygen atoms in total. The van der Waals surface area contributed by atoms with Crippen LogP contribution in [0.25, 0.3) is 10.8 Å². The van der Waals surface area contributed by atoms with Gasteiger partial charge in [-0.05, 0) is 17.8 Å². The Balaban J connectivity index is 0.000000451. The fourth-order valence-electron chi connectivity index (χ4n) is 1.13. The van der Waals surface area contributed by atoms with Gasteiger partial charge in [0.1, 0.15) is 0 Å². The molecular weight excluding hydrogens is 158 g/mol. The first-order valence-electron chi connectivity index (χ1n) is 3.98. The second kappa shape index (κ2) is 6.21. The Morgan fingerprint density at radius 2 is 0.923 bits per heavy atom. The first kappa shape index (κ1) is 11.7. The predicted octanol–water partition coefficient (Wildman–Crippen LogP) is 3.05. The number of rotatable bonds is 0. The first-order chi connectivity index (χ1) is 5.97. The molecule has 0 bridgehead atoms. The zero-order chi connectivity index (χ0) is 8.81. The van der Waals surface area contributed by atoms with E-state index in [1.165, 1.54) is 17.8 Å². The number of nitrogens with two attached hydrogens (primary N) is 1. The van der Waals surface area contributed by atoms with Crippen molar-refractivity contribution < 1.29 is 0 Å². The monoisotopic (exact) mass is 175 g/mol. The topological polar surface area (TPSA) is 26.0 Å². The maximum Gasteiger partial charge on any atom is -0.0184 e. The van der Waals surface area contributed by atoms with E-state index in [1.54, 1.807) is 0 Å². The summed E-state index contributed by atoms with van der Waals surface area (Å²) in [5.74, 6) is 0. The number of hydrogen-bond acceptors (Lipinski definition) is 1. The van der Waals surface area contributed by atoms with Crippen molar-refractivity contribution in [3.8, 4) is 0 Å². The molecule has 0 saturated heterocycles. The van der Waals surface area contributed by atoms with E-state index in [1.807, 2.05) is 0 Å². The van der Waals surface area contributed by atoms with Crippen LogP contribution in [-0.4, -0.2) is 7.05 Å². The number of hydrogen-bond donors (Lipinski definition) is 1. The Kier molecular flexibility index (Phi) is 5.57. The lowest BCUT2D eigenvalue weighted by Gasteiger charge is -1.92. The Morgan fingerprint density at radius 1 is 0.692 bits per heavy atom. The number of fused-ring (bicyclic) bond motifs is 1. The predicted molar refractivity (Wildman–Crippen MR) is 60.8 cm³/mol. The first-order valence-corrected chi connectivity index (χ1v) is 3.98. The smallest absolute Gasteiger partial charge is 0.0184 e. The minimum Gasteiger partial charge on any atom is -0.333 e. The standard InChI is InChI=1S/C10H8.CH5N.CH4/c1-2-6-10-8-4-3-7-9(10)5-1;1-2;/h1-8H;2H2,1H3;1H4. The van der Waals surface area contributed by atoms with Gasteiger partial charge in [-0.3, -0.25) is 0 Å². The summed E-state index contributed by atoms with van der Waals surface area (Å²) in [5.41, 5.74) is 4.50. The third kappa shape index (κ3) is 2.88. The number of benzene rings is 2. The third-order valence-corrected chi connectivity index (χ3v) is 1.66. The molecule has 0 atom stereocenters. The second-order valence-electron chi connectivity index (χ2n) is 2.35. The highest BCUT2D eigenvalue weighted by molar-refractivity contribution is 5.81. The summed E-state index contributed by atoms with van der Waals surface area (Å²) in [5, 5.41) is 2.62. The van der Waals surface area contributed by atoms with E-state index >= 15 is 0 Å². The fraction of sp³-hybridized carbons (Fsp3) is 0.167. The second-order valence-corrected chi connectivity index (χ2v) is 2.35. The maximum atomic E-state index is 4.50. The van der Waals surface area contributed by atoms with E-state index in [0.717, 1.165) is 0 Å². The summed E-state index contributed by atoms with van der Waals surface area (Å²) < 4.78 is 0.